The highest BCUT2D eigenvalue weighted by Gasteiger charge is 2.52. The number of esters is 1. The van der Waals surface area contributed by atoms with Crippen LogP contribution in [0.25, 0.3) is 0 Å². The van der Waals surface area contributed by atoms with Crippen molar-refractivity contribution in [3.8, 4) is 0 Å². The summed E-state index contributed by atoms with van der Waals surface area (Å²) in [6.45, 7) is 2.68. The first-order valence-electron chi connectivity index (χ1n) is 6.22. The van der Waals surface area contributed by atoms with Crippen LogP contribution in [0, 0.1) is 0 Å². The van der Waals surface area contributed by atoms with Crippen molar-refractivity contribution in [1.29, 1.82) is 0 Å². The molecule has 0 aromatic heterocycles. The van der Waals surface area contributed by atoms with Crippen LogP contribution < -0.4 is 0 Å². The monoisotopic (exact) mass is 268 g/mol. The molecule has 1 aromatic carbocycles. The van der Waals surface area contributed by atoms with Gasteiger partial charge < -0.3 is 9.47 Å². The van der Waals surface area contributed by atoms with Gasteiger partial charge in [0, 0.05) is 5.02 Å². The van der Waals surface area contributed by atoms with Gasteiger partial charge in [-0.1, -0.05) is 29.8 Å². The van der Waals surface area contributed by atoms with Crippen LogP contribution in [0.5, 0.6) is 0 Å². The average Bonchev–Trinajstić information content (AvgIpc) is 3.13. The predicted molar refractivity (Wildman–Crippen MR) is 69.7 cm³/mol. The van der Waals surface area contributed by atoms with Gasteiger partial charge >= 0.3 is 5.97 Å². The highest BCUT2D eigenvalue weighted by molar-refractivity contribution is 6.31. The zero-order valence-corrected chi connectivity index (χ0v) is 11.2. The van der Waals surface area contributed by atoms with Gasteiger partial charge in [0.2, 0.25) is 0 Å². The molecule has 0 radical (unpaired) electrons. The van der Waals surface area contributed by atoms with E-state index < -0.39 is 5.60 Å². The van der Waals surface area contributed by atoms with E-state index in [1.54, 1.807) is 6.92 Å². The lowest BCUT2D eigenvalue weighted by atomic mass is 10.0. The Morgan fingerprint density at radius 1 is 1.50 bits per heavy atom. The number of carbonyl (C=O) groups is 1. The van der Waals surface area contributed by atoms with E-state index in [-0.39, 0.29) is 5.97 Å². The third-order valence-electron chi connectivity index (χ3n) is 3.12. The van der Waals surface area contributed by atoms with Crippen molar-refractivity contribution in [1.82, 2.24) is 0 Å². The first-order valence-corrected chi connectivity index (χ1v) is 6.60. The van der Waals surface area contributed by atoms with E-state index in [2.05, 4.69) is 0 Å². The molecule has 0 unspecified atom stereocenters. The maximum Gasteiger partial charge on any atom is 0.340 e. The first-order chi connectivity index (χ1) is 8.68. The molecule has 0 bridgehead atoms. The van der Waals surface area contributed by atoms with Crippen LogP contribution in [-0.2, 0) is 20.7 Å². The van der Waals surface area contributed by atoms with Gasteiger partial charge in [0.1, 0.15) is 0 Å². The van der Waals surface area contributed by atoms with Crippen molar-refractivity contribution < 1.29 is 14.3 Å². The van der Waals surface area contributed by atoms with Crippen LogP contribution in [0.3, 0.4) is 0 Å². The predicted octanol–water partition coefficient (Wildman–Crippen LogP) is 2.99. The molecule has 1 aromatic rings. The second-order valence-corrected chi connectivity index (χ2v) is 4.86. The van der Waals surface area contributed by atoms with Gasteiger partial charge in [-0.25, -0.2) is 4.79 Å². The van der Waals surface area contributed by atoms with Crippen LogP contribution in [-0.4, -0.2) is 24.8 Å². The maximum absolute atomic E-state index is 11.7. The number of ether oxygens (including phenoxy) is 2. The summed E-state index contributed by atoms with van der Waals surface area (Å²) in [4.78, 5) is 11.7. The Bertz CT molecular complexity index is 427. The highest BCUT2D eigenvalue weighted by atomic mass is 35.5. The van der Waals surface area contributed by atoms with Gasteiger partial charge in [0.25, 0.3) is 0 Å². The van der Waals surface area contributed by atoms with E-state index >= 15 is 0 Å². The SMILES string of the molecule is CCOC(=O)[C@]1(CCCc2ccccc2Cl)CO1. The molecule has 0 spiro atoms. The molecule has 1 aliphatic rings. The fraction of sp³-hybridized carbons (Fsp3) is 0.500. The fourth-order valence-corrected chi connectivity index (χ4v) is 2.21. The molecule has 1 saturated heterocycles. The number of epoxide rings is 1. The van der Waals surface area contributed by atoms with Crippen LogP contribution >= 0.6 is 11.6 Å². The van der Waals surface area contributed by atoms with Gasteiger partial charge in [-0.2, -0.15) is 0 Å². The third kappa shape index (κ3) is 3.03. The van der Waals surface area contributed by atoms with Gasteiger partial charge in [0.15, 0.2) is 5.60 Å². The average molecular weight is 269 g/mol. The van der Waals surface area contributed by atoms with Crippen molar-refractivity contribution in [3.05, 3.63) is 34.9 Å². The van der Waals surface area contributed by atoms with E-state index in [1.165, 1.54) is 0 Å². The number of carbonyl (C=O) groups excluding carboxylic acids is 1. The number of hydrogen-bond donors (Lipinski definition) is 0. The van der Waals surface area contributed by atoms with Crippen molar-refractivity contribution in [2.45, 2.75) is 31.8 Å². The normalized spacial score (nSPS) is 21.7. The molecule has 0 aliphatic carbocycles. The van der Waals surface area contributed by atoms with Gasteiger partial charge in [-0.05, 0) is 37.8 Å². The van der Waals surface area contributed by atoms with Crippen molar-refractivity contribution >= 4 is 17.6 Å². The summed E-state index contributed by atoms with van der Waals surface area (Å²) in [5, 5.41) is 0.777. The summed E-state index contributed by atoms with van der Waals surface area (Å²) in [7, 11) is 0. The Hall–Kier alpha value is -1.06. The summed E-state index contributed by atoms with van der Waals surface area (Å²) < 4.78 is 10.3. The standard InChI is InChI=1S/C14H17ClO3/c1-2-17-13(16)14(10-18-14)9-5-7-11-6-3-4-8-12(11)15/h3-4,6,8H,2,5,7,9-10H2,1H3/t14-/m0/s1. The van der Waals surface area contributed by atoms with E-state index in [4.69, 9.17) is 21.1 Å². The summed E-state index contributed by atoms with van der Waals surface area (Å²) in [6.07, 6.45) is 2.41. The number of benzene rings is 1. The zero-order valence-electron chi connectivity index (χ0n) is 10.4. The van der Waals surface area contributed by atoms with Crippen molar-refractivity contribution in [3.63, 3.8) is 0 Å². The van der Waals surface area contributed by atoms with E-state index in [9.17, 15) is 4.79 Å². The Balaban J connectivity index is 1.82. The fourth-order valence-electron chi connectivity index (χ4n) is 1.98. The Kier molecular flexibility index (Phi) is 4.25. The third-order valence-corrected chi connectivity index (χ3v) is 3.49. The molecule has 1 atom stereocenters. The molecule has 0 amide bonds. The van der Waals surface area contributed by atoms with Crippen LogP contribution in [0.4, 0.5) is 0 Å². The Morgan fingerprint density at radius 3 is 2.83 bits per heavy atom. The second-order valence-electron chi connectivity index (χ2n) is 4.45. The quantitative estimate of drug-likeness (QED) is 0.588. The smallest absolute Gasteiger partial charge is 0.340 e. The molecule has 1 heterocycles. The van der Waals surface area contributed by atoms with Gasteiger partial charge in [0.05, 0.1) is 13.2 Å². The Morgan fingerprint density at radius 2 is 2.22 bits per heavy atom. The Labute approximate surface area is 112 Å². The number of rotatable bonds is 6. The molecule has 18 heavy (non-hydrogen) atoms. The second kappa shape index (κ2) is 5.72. The molecule has 98 valence electrons. The number of halogens is 1. The van der Waals surface area contributed by atoms with Crippen molar-refractivity contribution in [2.75, 3.05) is 13.2 Å². The van der Waals surface area contributed by atoms with Gasteiger partial charge in [-0.15, -0.1) is 0 Å². The molecule has 0 N–H and O–H groups in total. The van der Waals surface area contributed by atoms with E-state index in [1.807, 2.05) is 24.3 Å². The van der Waals surface area contributed by atoms with E-state index in [0.717, 1.165) is 23.4 Å². The summed E-state index contributed by atoms with van der Waals surface area (Å²) in [5.41, 5.74) is 0.441. The zero-order chi connectivity index (χ0) is 13.0. The van der Waals surface area contributed by atoms with Crippen molar-refractivity contribution in [2.24, 2.45) is 0 Å². The molecule has 0 saturated carbocycles. The molecule has 2 rings (SSSR count). The summed E-state index contributed by atoms with van der Waals surface area (Å²) in [6, 6.07) is 7.77. The largest absolute Gasteiger partial charge is 0.464 e. The lowest BCUT2D eigenvalue weighted by Gasteiger charge is -2.10. The number of aryl methyl sites for hydroxylation is 1. The molecular formula is C14H17ClO3. The lowest BCUT2D eigenvalue weighted by Crippen LogP contribution is -2.27. The van der Waals surface area contributed by atoms with E-state index in [0.29, 0.717) is 19.6 Å². The van der Waals surface area contributed by atoms with Gasteiger partial charge in [-0.3, -0.25) is 0 Å². The summed E-state index contributed by atoms with van der Waals surface area (Å²) in [5.74, 6) is -0.232. The molecule has 4 heteroatoms. The minimum atomic E-state index is -0.669. The molecule has 3 nitrogen and oxygen atoms in total. The lowest BCUT2D eigenvalue weighted by molar-refractivity contribution is -0.149. The molecular weight excluding hydrogens is 252 g/mol. The molecule has 1 aliphatic heterocycles. The first kappa shape index (κ1) is 13.4. The minimum absolute atomic E-state index is 0.232. The highest BCUT2D eigenvalue weighted by Crippen LogP contribution is 2.34. The number of hydrogen-bond acceptors (Lipinski definition) is 3. The maximum atomic E-state index is 11.7. The summed E-state index contributed by atoms with van der Waals surface area (Å²) >= 11 is 6.08. The topological polar surface area (TPSA) is 38.8 Å². The van der Waals surface area contributed by atoms with Crippen LogP contribution in [0.15, 0.2) is 24.3 Å². The minimum Gasteiger partial charge on any atom is -0.464 e. The molecule has 1 fully saturated rings. The van der Waals surface area contributed by atoms with Crippen LogP contribution in [0.1, 0.15) is 25.3 Å². The van der Waals surface area contributed by atoms with Crippen LogP contribution in [0.2, 0.25) is 5.02 Å².